The van der Waals surface area contributed by atoms with Gasteiger partial charge in [0, 0.05) is 33.1 Å². The van der Waals surface area contributed by atoms with Crippen LogP contribution in [0.5, 0.6) is 0 Å². The monoisotopic (exact) mass is 380 g/mol. The molecule has 0 unspecified atom stereocenters. The van der Waals surface area contributed by atoms with Gasteiger partial charge in [0.1, 0.15) is 5.82 Å². The van der Waals surface area contributed by atoms with Crippen LogP contribution in [0.4, 0.5) is 0 Å². The first kappa shape index (κ1) is 18.4. The van der Waals surface area contributed by atoms with Crippen molar-refractivity contribution in [3.05, 3.63) is 24.2 Å². The van der Waals surface area contributed by atoms with Crippen molar-refractivity contribution in [2.45, 2.75) is 25.0 Å². The average molecular weight is 380 g/mol. The van der Waals surface area contributed by atoms with Gasteiger partial charge in [-0.15, -0.1) is 0 Å². The molecule has 1 aliphatic heterocycles. The third kappa shape index (κ3) is 3.74. The van der Waals surface area contributed by atoms with E-state index in [0.29, 0.717) is 43.6 Å². The summed E-state index contributed by atoms with van der Waals surface area (Å²) in [4.78, 5) is 10.7. The largest absolute Gasteiger partial charge is 0.461 e. The maximum absolute atomic E-state index is 12.1. The molecule has 2 N–H and O–H groups in total. The Morgan fingerprint density at radius 1 is 1.50 bits per heavy atom. The normalized spacial score (nSPS) is 19.5. The lowest BCUT2D eigenvalue weighted by Gasteiger charge is -2.39. The van der Waals surface area contributed by atoms with Gasteiger partial charge >= 0.3 is 0 Å². The number of hydrogen-bond acceptors (Lipinski definition) is 6. The van der Waals surface area contributed by atoms with Crippen LogP contribution in [0, 0.1) is 0 Å². The van der Waals surface area contributed by atoms with Gasteiger partial charge in [-0.2, -0.15) is 5.10 Å². The lowest BCUT2D eigenvalue weighted by Crippen LogP contribution is -2.57. The molecule has 142 valence electrons. The van der Waals surface area contributed by atoms with E-state index >= 15 is 0 Å². The van der Waals surface area contributed by atoms with Crippen LogP contribution in [0.3, 0.4) is 0 Å². The molecule has 1 aliphatic rings. The van der Waals surface area contributed by atoms with E-state index in [2.05, 4.69) is 25.5 Å². The molecule has 0 aromatic carbocycles. The summed E-state index contributed by atoms with van der Waals surface area (Å²) in [7, 11) is -1.38. The zero-order valence-corrected chi connectivity index (χ0v) is 16.0. The first-order chi connectivity index (χ1) is 12.3. The summed E-state index contributed by atoms with van der Waals surface area (Å²) in [5, 5.41) is 10.3. The molecule has 0 atom stereocenters. The fourth-order valence-electron chi connectivity index (χ4n) is 2.87. The Morgan fingerprint density at radius 2 is 2.31 bits per heavy atom. The predicted molar refractivity (Wildman–Crippen MR) is 98.6 cm³/mol. The number of nitrogens with one attached hydrogen (secondary N) is 2. The Kier molecular flexibility index (Phi) is 5.03. The molecule has 9 nitrogen and oxygen atoms in total. The number of H-pyrrole nitrogens is 1. The Hall–Kier alpha value is -2.36. The topological polar surface area (TPSA) is 116 Å². The van der Waals surface area contributed by atoms with Crippen LogP contribution >= 0.6 is 0 Å². The molecule has 10 heteroatoms. The minimum absolute atomic E-state index is 0.134. The van der Waals surface area contributed by atoms with E-state index in [0.717, 1.165) is 5.82 Å². The lowest BCUT2D eigenvalue weighted by molar-refractivity contribution is 0.353. The smallest absolute Gasteiger partial charge is 0.216 e. The molecule has 1 saturated heterocycles. The molecule has 0 saturated carbocycles. The van der Waals surface area contributed by atoms with Crippen LogP contribution < -0.4 is 5.32 Å². The Bertz CT molecular complexity index is 870. The minimum Gasteiger partial charge on any atom is -0.461 e. The number of furan rings is 1. The van der Waals surface area contributed by atoms with Crippen molar-refractivity contribution in [2.75, 3.05) is 32.4 Å². The van der Waals surface area contributed by atoms with Crippen molar-refractivity contribution in [1.82, 2.24) is 25.4 Å². The Labute approximate surface area is 152 Å². The molecule has 1 fully saturated rings. The molecule has 0 aliphatic carbocycles. The number of sulfone groups is 1. The van der Waals surface area contributed by atoms with Crippen LogP contribution in [-0.2, 0) is 16.3 Å². The van der Waals surface area contributed by atoms with Crippen molar-refractivity contribution in [3.63, 3.8) is 0 Å². The molecule has 3 heterocycles. The maximum atomic E-state index is 12.1. The third-order valence-electron chi connectivity index (χ3n) is 4.47. The number of rotatable bonds is 4. The van der Waals surface area contributed by atoms with Crippen molar-refractivity contribution in [3.8, 4) is 11.6 Å². The fourth-order valence-corrected chi connectivity index (χ4v) is 4.24. The second-order valence-electron chi connectivity index (χ2n) is 6.81. The zero-order valence-electron chi connectivity index (χ0n) is 15.2. The third-order valence-corrected chi connectivity index (χ3v) is 7.01. The van der Waals surface area contributed by atoms with E-state index in [4.69, 9.17) is 4.42 Å². The first-order valence-electron chi connectivity index (χ1n) is 8.45. The van der Waals surface area contributed by atoms with Crippen LogP contribution in [0.2, 0.25) is 0 Å². The molecule has 3 rings (SSSR count). The van der Waals surface area contributed by atoms with Crippen molar-refractivity contribution >= 4 is 15.8 Å². The summed E-state index contributed by atoms with van der Waals surface area (Å²) >= 11 is 0. The lowest BCUT2D eigenvalue weighted by atomic mass is 10.2. The molecule has 2 aromatic rings. The fraction of sp³-hybridized carbons (Fsp3) is 0.562. The quantitative estimate of drug-likeness (QED) is 0.592. The zero-order chi connectivity index (χ0) is 18.8. The summed E-state index contributed by atoms with van der Waals surface area (Å²) in [5.74, 6) is 2.71. The van der Waals surface area contributed by atoms with Gasteiger partial charge in [-0.3, -0.25) is 10.1 Å². The highest BCUT2D eigenvalue weighted by Gasteiger charge is 2.40. The van der Waals surface area contributed by atoms with Gasteiger partial charge in [0.15, 0.2) is 21.6 Å². The Morgan fingerprint density at radius 3 is 2.96 bits per heavy atom. The highest BCUT2D eigenvalue weighted by Crippen LogP contribution is 2.23. The summed E-state index contributed by atoms with van der Waals surface area (Å²) in [5.41, 5.74) is 0. The highest BCUT2D eigenvalue weighted by molar-refractivity contribution is 7.92. The number of guanidine groups is 1. The number of aliphatic imine (C=N–C) groups is 1. The van der Waals surface area contributed by atoms with Crippen LogP contribution in [0.1, 0.15) is 19.7 Å². The van der Waals surface area contributed by atoms with Crippen LogP contribution in [-0.4, -0.2) is 71.6 Å². The van der Waals surface area contributed by atoms with Gasteiger partial charge in [-0.05, 0) is 26.0 Å². The SMILES string of the molecule is CN=C(NCCc1nc(-c2ccco2)n[nH]1)N1CCS(=O)(=O)C(C)(C)C1. The van der Waals surface area contributed by atoms with E-state index in [1.807, 2.05) is 4.90 Å². The van der Waals surface area contributed by atoms with E-state index in [1.165, 1.54) is 0 Å². The van der Waals surface area contributed by atoms with Crippen LogP contribution in [0.25, 0.3) is 11.6 Å². The van der Waals surface area contributed by atoms with Crippen molar-refractivity contribution in [1.29, 1.82) is 0 Å². The summed E-state index contributed by atoms with van der Waals surface area (Å²) in [6.45, 7) is 4.97. The molecule has 2 aromatic heterocycles. The van der Waals surface area contributed by atoms with Crippen LogP contribution in [0.15, 0.2) is 27.8 Å². The molecular weight excluding hydrogens is 356 g/mol. The van der Waals surface area contributed by atoms with Gasteiger partial charge in [0.25, 0.3) is 0 Å². The minimum atomic E-state index is -3.07. The van der Waals surface area contributed by atoms with Crippen molar-refractivity contribution < 1.29 is 12.8 Å². The summed E-state index contributed by atoms with van der Waals surface area (Å²) in [6.07, 6.45) is 2.21. The maximum Gasteiger partial charge on any atom is 0.216 e. The molecule has 0 radical (unpaired) electrons. The first-order valence-corrected chi connectivity index (χ1v) is 10.1. The van der Waals surface area contributed by atoms with Gasteiger partial charge < -0.3 is 14.6 Å². The van der Waals surface area contributed by atoms with E-state index < -0.39 is 14.6 Å². The van der Waals surface area contributed by atoms with Gasteiger partial charge in [-0.25, -0.2) is 13.4 Å². The number of aromatic amines is 1. The predicted octanol–water partition coefficient (Wildman–Crippen LogP) is 0.692. The van der Waals surface area contributed by atoms with Gasteiger partial charge in [0.2, 0.25) is 5.82 Å². The van der Waals surface area contributed by atoms with Crippen molar-refractivity contribution in [2.24, 2.45) is 4.99 Å². The molecule has 0 spiro atoms. The second-order valence-corrected chi connectivity index (χ2v) is 9.55. The molecular formula is C16H24N6O3S. The Balaban J connectivity index is 1.55. The second kappa shape index (κ2) is 7.10. The number of aromatic nitrogens is 3. The number of hydrogen-bond donors (Lipinski definition) is 2. The molecule has 0 amide bonds. The van der Waals surface area contributed by atoms with Gasteiger partial charge in [-0.1, -0.05) is 0 Å². The standard InChI is InChI=1S/C16H24N6O3S/c1-16(2)11-22(8-10-26(16,23)24)15(17-3)18-7-6-13-19-14(21-20-13)12-5-4-9-25-12/h4-5,9H,6-8,10-11H2,1-3H3,(H,17,18)(H,19,20,21). The molecule has 26 heavy (non-hydrogen) atoms. The number of nitrogens with zero attached hydrogens (tertiary/aromatic N) is 4. The average Bonchev–Trinajstić information content (AvgIpc) is 3.25. The highest BCUT2D eigenvalue weighted by atomic mass is 32.2. The van der Waals surface area contributed by atoms with E-state index in [-0.39, 0.29) is 5.75 Å². The summed E-state index contributed by atoms with van der Waals surface area (Å²) in [6, 6.07) is 3.59. The van der Waals surface area contributed by atoms with E-state index in [1.54, 1.807) is 39.3 Å². The summed E-state index contributed by atoms with van der Waals surface area (Å²) < 4.78 is 28.8. The molecule has 0 bridgehead atoms. The van der Waals surface area contributed by atoms with E-state index in [9.17, 15) is 8.42 Å². The van der Waals surface area contributed by atoms with Gasteiger partial charge in [0.05, 0.1) is 16.8 Å².